The van der Waals surface area contributed by atoms with Crippen LogP contribution in [0, 0.1) is 12.8 Å². The van der Waals surface area contributed by atoms with Crippen molar-refractivity contribution in [2.24, 2.45) is 5.92 Å². The molecule has 2 atom stereocenters. The predicted molar refractivity (Wildman–Crippen MR) is 84.6 cm³/mol. The van der Waals surface area contributed by atoms with Gasteiger partial charge in [-0.15, -0.1) is 0 Å². The van der Waals surface area contributed by atoms with Gasteiger partial charge in [0.25, 0.3) is 0 Å². The Labute approximate surface area is 138 Å². The zero-order valence-corrected chi connectivity index (χ0v) is 13.3. The van der Waals surface area contributed by atoms with Crippen molar-refractivity contribution in [3.05, 3.63) is 58.0 Å². The number of carbonyl (C=O) groups excluding carboxylic acids is 1. The zero-order chi connectivity index (χ0) is 16.6. The van der Waals surface area contributed by atoms with Crippen LogP contribution in [-0.4, -0.2) is 17.0 Å². The minimum absolute atomic E-state index is 0.0547. The van der Waals surface area contributed by atoms with E-state index in [1.165, 1.54) is 6.07 Å². The second-order valence-electron chi connectivity index (χ2n) is 5.71. The van der Waals surface area contributed by atoms with E-state index in [2.05, 4.69) is 5.32 Å². The summed E-state index contributed by atoms with van der Waals surface area (Å²) in [6.07, 6.45) is 0.795. The third-order valence-corrected chi connectivity index (χ3v) is 4.28. The largest absolute Gasteiger partial charge is 0.478 e. The van der Waals surface area contributed by atoms with Gasteiger partial charge in [0, 0.05) is 10.9 Å². The number of hydrogen-bond acceptors (Lipinski definition) is 3. The van der Waals surface area contributed by atoms with Crippen LogP contribution in [0.2, 0.25) is 5.02 Å². The monoisotopic (exact) mass is 333 g/mol. The molecule has 1 aliphatic rings. The van der Waals surface area contributed by atoms with E-state index >= 15 is 0 Å². The summed E-state index contributed by atoms with van der Waals surface area (Å²) < 4.78 is 5.34. The van der Waals surface area contributed by atoms with E-state index in [1.54, 1.807) is 6.92 Å². The van der Waals surface area contributed by atoms with Crippen molar-refractivity contribution < 1.29 is 19.1 Å². The maximum atomic E-state index is 12.2. The molecule has 6 heteroatoms. The predicted octanol–water partition coefficient (Wildman–Crippen LogP) is 3.36. The smallest absolute Gasteiger partial charge is 0.339 e. The summed E-state index contributed by atoms with van der Waals surface area (Å²) in [4.78, 5) is 23.1. The van der Waals surface area contributed by atoms with Gasteiger partial charge in [0.05, 0.1) is 6.54 Å². The molecule has 0 bridgehead atoms. The first-order chi connectivity index (χ1) is 11.0. The molecule has 120 valence electrons. The molecule has 1 fully saturated rings. The maximum absolute atomic E-state index is 12.2. The van der Waals surface area contributed by atoms with Crippen molar-refractivity contribution in [2.75, 3.05) is 0 Å². The van der Waals surface area contributed by atoms with Gasteiger partial charge in [0.2, 0.25) is 5.91 Å². The second-order valence-corrected chi connectivity index (χ2v) is 6.15. The Hall–Kier alpha value is -2.27. The molecule has 0 unspecified atom stereocenters. The average Bonchev–Trinajstić information content (AvgIpc) is 3.21. The normalized spacial score (nSPS) is 19.4. The number of rotatable bonds is 5. The molecule has 1 heterocycles. The molecule has 23 heavy (non-hydrogen) atoms. The van der Waals surface area contributed by atoms with Crippen LogP contribution >= 0.6 is 11.6 Å². The highest BCUT2D eigenvalue weighted by atomic mass is 35.5. The molecule has 1 amide bonds. The first-order valence-corrected chi connectivity index (χ1v) is 7.69. The van der Waals surface area contributed by atoms with E-state index in [0.29, 0.717) is 16.5 Å². The molecule has 1 aliphatic carbocycles. The highest BCUT2D eigenvalue weighted by Gasteiger charge is 2.43. The Bertz CT molecular complexity index is 768. The molecule has 2 aromatic rings. The molecule has 0 spiro atoms. The average molecular weight is 334 g/mol. The number of aromatic carboxylic acids is 1. The van der Waals surface area contributed by atoms with Crippen LogP contribution in [-0.2, 0) is 11.3 Å². The van der Waals surface area contributed by atoms with Crippen LogP contribution < -0.4 is 5.32 Å². The van der Waals surface area contributed by atoms with E-state index in [-0.39, 0.29) is 29.9 Å². The number of nitrogens with one attached hydrogen (secondary N) is 1. The number of halogens is 1. The van der Waals surface area contributed by atoms with Crippen molar-refractivity contribution in [1.29, 1.82) is 0 Å². The Balaban J connectivity index is 1.57. The molecule has 1 aromatic carbocycles. The lowest BCUT2D eigenvalue weighted by atomic mass is 10.1. The summed E-state index contributed by atoms with van der Waals surface area (Å²) in [6, 6.07) is 8.98. The number of carboxylic acid groups (broad SMARTS) is 1. The Kier molecular flexibility index (Phi) is 4.13. The van der Waals surface area contributed by atoms with E-state index in [0.717, 1.165) is 12.0 Å². The van der Waals surface area contributed by atoms with E-state index in [9.17, 15) is 9.59 Å². The number of benzene rings is 1. The standard InChI is InChI=1S/C17H16ClNO4/c1-9-13(17(21)22)6-12(23-9)8-19-16(20)15-7-14(15)10-3-2-4-11(18)5-10/h2-6,14-15H,7-8H2,1H3,(H,19,20)(H,21,22)/t14-,15+/m0/s1. The molecular weight excluding hydrogens is 318 g/mol. The summed E-state index contributed by atoms with van der Waals surface area (Å²) in [7, 11) is 0. The summed E-state index contributed by atoms with van der Waals surface area (Å²) in [5, 5.41) is 12.4. The Morgan fingerprint density at radius 3 is 2.83 bits per heavy atom. The van der Waals surface area contributed by atoms with Gasteiger partial charge in [-0.1, -0.05) is 23.7 Å². The number of aryl methyl sites for hydroxylation is 1. The van der Waals surface area contributed by atoms with Gasteiger partial charge in [-0.2, -0.15) is 0 Å². The third kappa shape index (κ3) is 3.40. The highest BCUT2D eigenvalue weighted by Crippen LogP contribution is 2.47. The van der Waals surface area contributed by atoms with E-state index in [1.807, 2.05) is 24.3 Å². The lowest BCUT2D eigenvalue weighted by Gasteiger charge is -2.03. The van der Waals surface area contributed by atoms with Gasteiger partial charge in [0.15, 0.2) is 0 Å². The van der Waals surface area contributed by atoms with Crippen LogP contribution in [0.3, 0.4) is 0 Å². The van der Waals surface area contributed by atoms with E-state index < -0.39 is 5.97 Å². The molecule has 3 rings (SSSR count). The molecule has 0 aliphatic heterocycles. The van der Waals surface area contributed by atoms with Gasteiger partial charge >= 0.3 is 5.97 Å². The van der Waals surface area contributed by atoms with Crippen LogP contribution in [0.4, 0.5) is 0 Å². The van der Waals surface area contributed by atoms with Crippen LogP contribution in [0.15, 0.2) is 34.7 Å². The lowest BCUT2D eigenvalue weighted by molar-refractivity contribution is -0.122. The quantitative estimate of drug-likeness (QED) is 0.879. The second kappa shape index (κ2) is 6.08. The van der Waals surface area contributed by atoms with Crippen molar-refractivity contribution >= 4 is 23.5 Å². The summed E-state index contributed by atoms with van der Waals surface area (Å²) in [6.45, 7) is 1.77. The maximum Gasteiger partial charge on any atom is 0.339 e. The Morgan fingerprint density at radius 1 is 1.39 bits per heavy atom. The minimum atomic E-state index is -1.04. The van der Waals surface area contributed by atoms with E-state index in [4.69, 9.17) is 21.1 Å². The van der Waals surface area contributed by atoms with Crippen molar-refractivity contribution in [3.8, 4) is 0 Å². The van der Waals surface area contributed by atoms with Crippen LogP contribution in [0.25, 0.3) is 0 Å². The van der Waals surface area contributed by atoms with Crippen molar-refractivity contribution in [1.82, 2.24) is 5.32 Å². The summed E-state index contributed by atoms with van der Waals surface area (Å²) in [5.74, 6) is -0.184. The fourth-order valence-corrected chi connectivity index (χ4v) is 2.94. The lowest BCUT2D eigenvalue weighted by Crippen LogP contribution is -2.24. The fourth-order valence-electron chi connectivity index (χ4n) is 2.74. The first kappa shape index (κ1) is 15.6. The molecule has 1 saturated carbocycles. The number of carboxylic acids is 1. The first-order valence-electron chi connectivity index (χ1n) is 7.31. The number of furan rings is 1. The minimum Gasteiger partial charge on any atom is -0.478 e. The third-order valence-electron chi connectivity index (χ3n) is 4.04. The molecule has 1 aromatic heterocycles. The molecule has 0 saturated heterocycles. The zero-order valence-electron chi connectivity index (χ0n) is 12.5. The summed E-state index contributed by atoms with van der Waals surface area (Å²) in [5.41, 5.74) is 1.19. The molecule has 5 nitrogen and oxygen atoms in total. The number of carbonyl (C=O) groups is 2. The van der Waals surface area contributed by atoms with Gasteiger partial charge in [-0.05, 0) is 43.0 Å². The molecule has 2 N–H and O–H groups in total. The number of hydrogen-bond donors (Lipinski definition) is 2. The van der Waals surface area contributed by atoms with Crippen molar-refractivity contribution in [3.63, 3.8) is 0 Å². The Morgan fingerprint density at radius 2 is 2.17 bits per heavy atom. The van der Waals surface area contributed by atoms with Gasteiger partial charge < -0.3 is 14.8 Å². The molecule has 0 radical (unpaired) electrons. The summed E-state index contributed by atoms with van der Waals surface area (Å²) >= 11 is 5.97. The highest BCUT2D eigenvalue weighted by molar-refractivity contribution is 6.30. The van der Waals surface area contributed by atoms with Crippen molar-refractivity contribution in [2.45, 2.75) is 25.8 Å². The van der Waals surface area contributed by atoms with Crippen LogP contribution in [0.1, 0.15) is 39.8 Å². The van der Waals surface area contributed by atoms with Gasteiger partial charge in [0.1, 0.15) is 17.1 Å². The number of amides is 1. The van der Waals surface area contributed by atoms with Crippen LogP contribution in [0.5, 0.6) is 0 Å². The van der Waals surface area contributed by atoms with Gasteiger partial charge in [-0.25, -0.2) is 4.79 Å². The topological polar surface area (TPSA) is 79.5 Å². The molecular formula is C17H16ClNO4. The fraction of sp³-hybridized carbons (Fsp3) is 0.294. The van der Waals surface area contributed by atoms with Gasteiger partial charge in [-0.3, -0.25) is 4.79 Å². The SMILES string of the molecule is Cc1oc(CNC(=O)[C@@H]2C[C@H]2c2cccc(Cl)c2)cc1C(=O)O.